The highest BCUT2D eigenvalue weighted by molar-refractivity contribution is 6.31. The highest BCUT2D eigenvalue weighted by atomic mass is 35.5. The number of rotatable bonds is 7. The van der Waals surface area contributed by atoms with Gasteiger partial charge in [0.15, 0.2) is 0 Å². The Morgan fingerprint density at radius 2 is 2.19 bits per heavy atom. The first-order chi connectivity index (χ1) is 13.0. The lowest BCUT2D eigenvalue weighted by Gasteiger charge is -2.13. The summed E-state index contributed by atoms with van der Waals surface area (Å²) >= 11 is 6.13. The molecule has 0 radical (unpaired) electrons. The van der Waals surface area contributed by atoms with Gasteiger partial charge in [-0.25, -0.2) is 9.67 Å². The van der Waals surface area contributed by atoms with Gasteiger partial charge in [0, 0.05) is 5.02 Å². The van der Waals surface area contributed by atoms with E-state index in [1.54, 1.807) is 17.7 Å². The maximum absolute atomic E-state index is 12.5. The number of benzene rings is 1. The molecule has 0 aliphatic heterocycles. The molecular formula is C16H16ClN7O3. The Morgan fingerprint density at radius 1 is 1.41 bits per heavy atom. The molecule has 0 aliphatic rings. The molecule has 0 bridgehead atoms. The molecule has 10 nitrogen and oxygen atoms in total. The van der Waals surface area contributed by atoms with Crippen molar-refractivity contribution in [1.82, 2.24) is 24.5 Å². The second-order valence-electron chi connectivity index (χ2n) is 5.71. The van der Waals surface area contributed by atoms with Crippen LogP contribution in [0.15, 0.2) is 43.0 Å². The van der Waals surface area contributed by atoms with Crippen molar-refractivity contribution in [3.05, 3.63) is 63.7 Å². The second-order valence-corrected chi connectivity index (χ2v) is 6.11. The Morgan fingerprint density at radius 3 is 2.85 bits per heavy atom. The molecular weight excluding hydrogens is 374 g/mol. The lowest BCUT2D eigenvalue weighted by Crippen LogP contribution is -2.26. The first-order valence-corrected chi connectivity index (χ1v) is 8.48. The fourth-order valence-electron chi connectivity index (χ4n) is 2.51. The molecule has 1 amide bonds. The van der Waals surface area contributed by atoms with Gasteiger partial charge in [0.1, 0.15) is 24.8 Å². The summed E-state index contributed by atoms with van der Waals surface area (Å²) in [6, 6.07) is 6.65. The molecule has 27 heavy (non-hydrogen) atoms. The Kier molecular flexibility index (Phi) is 5.46. The first-order valence-electron chi connectivity index (χ1n) is 8.10. The molecule has 0 saturated carbocycles. The summed E-state index contributed by atoms with van der Waals surface area (Å²) in [5.74, 6) is -0.279. The summed E-state index contributed by atoms with van der Waals surface area (Å²) in [6.07, 6.45) is 4.20. The average molecular weight is 390 g/mol. The molecule has 140 valence electrons. The smallest absolute Gasteiger partial charge is 0.291 e. The molecule has 1 atom stereocenters. The Hall–Kier alpha value is -3.27. The summed E-state index contributed by atoms with van der Waals surface area (Å²) in [5, 5.41) is 22.1. The van der Waals surface area contributed by atoms with E-state index < -0.39 is 16.9 Å². The van der Waals surface area contributed by atoms with Crippen molar-refractivity contribution in [3.8, 4) is 0 Å². The average Bonchev–Trinajstić information content (AvgIpc) is 3.28. The van der Waals surface area contributed by atoms with E-state index in [0.717, 1.165) is 11.8 Å². The van der Waals surface area contributed by atoms with Crippen LogP contribution < -0.4 is 5.32 Å². The number of nitrogens with zero attached hydrogens (tertiary/aromatic N) is 6. The molecule has 2 heterocycles. The standard InChI is InChI=1S/C16H16ClN7O3/c1-2-14(23-9-12(7-19-23)24(26)27)15(25)20-16-18-10-22(21-16)8-11-5-3-4-6-13(11)17/h3-7,9-10,14H,2,8H2,1H3,(H,20,21,25). The lowest BCUT2D eigenvalue weighted by atomic mass is 10.2. The minimum absolute atomic E-state index is 0.132. The first kappa shape index (κ1) is 18.5. The zero-order valence-electron chi connectivity index (χ0n) is 14.3. The van der Waals surface area contributed by atoms with E-state index >= 15 is 0 Å². The van der Waals surface area contributed by atoms with Crippen LogP contribution in [0.4, 0.5) is 11.6 Å². The number of carbonyl (C=O) groups is 1. The predicted molar refractivity (Wildman–Crippen MR) is 97.4 cm³/mol. The van der Waals surface area contributed by atoms with Crippen molar-refractivity contribution in [2.75, 3.05) is 5.32 Å². The second kappa shape index (κ2) is 7.96. The molecule has 1 aromatic carbocycles. The summed E-state index contributed by atoms with van der Waals surface area (Å²) in [7, 11) is 0. The maximum Gasteiger partial charge on any atom is 0.307 e. The van der Waals surface area contributed by atoms with Crippen LogP contribution in [0.25, 0.3) is 0 Å². The van der Waals surface area contributed by atoms with Gasteiger partial charge in [-0.2, -0.15) is 5.10 Å². The Bertz CT molecular complexity index is 968. The third-order valence-corrected chi connectivity index (χ3v) is 4.24. The monoisotopic (exact) mass is 389 g/mol. The van der Waals surface area contributed by atoms with E-state index in [-0.39, 0.29) is 11.6 Å². The molecule has 0 spiro atoms. The van der Waals surface area contributed by atoms with Crippen molar-refractivity contribution in [3.63, 3.8) is 0 Å². The van der Waals surface area contributed by atoms with Gasteiger partial charge >= 0.3 is 5.69 Å². The van der Waals surface area contributed by atoms with E-state index in [1.807, 2.05) is 18.2 Å². The Balaban J connectivity index is 1.69. The minimum atomic E-state index is -0.714. The highest BCUT2D eigenvalue weighted by Crippen LogP contribution is 2.18. The molecule has 1 N–H and O–H groups in total. The fraction of sp³-hybridized carbons (Fsp3) is 0.250. The summed E-state index contributed by atoms with van der Waals surface area (Å²) < 4.78 is 2.81. The van der Waals surface area contributed by atoms with Gasteiger partial charge in [0.2, 0.25) is 5.95 Å². The van der Waals surface area contributed by atoms with Crippen LogP contribution in [-0.2, 0) is 11.3 Å². The predicted octanol–water partition coefficient (Wildman–Crippen LogP) is 2.67. The van der Waals surface area contributed by atoms with Crippen LogP contribution in [0.5, 0.6) is 0 Å². The van der Waals surface area contributed by atoms with Crippen LogP contribution in [0.2, 0.25) is 5.02 Å². The SMILES string of the molecule is CCC(C(=O)Nc1ncn(Cc2ccccc2Cl)n1)n1cc([N+](=O)[O-])cn1. The zero-order chi connectivity index (χ0) is 19.4. The van der Waals surface area contributed by atoms with Crippen LogP contribution >= 0.6 is 11.6 Å². The van der Waals surface area contributed by atoms with E-state index in [4.69, 9.17) is 11.6 Å². The molecule has 0 fully saturated rings. The van der Waals surface area contributed by atoms with Crippen LogP contribution in [0.1, 0.15) is 24.9 Å². The number of halogens is 1. The largest absolute Gasteiger partial charge is 0.307 e. The van der Waals surface area contributed by atoms with Crippen molar-refractivity contribution >= 4 is 29.1 Å². The Labute approximate surface area is 158 Å². The molecule has 3 rings (SSSR count). The number of hydrogen-bond donors (Lipinski definition) is 1. The van der Waals surface area contributed by atoms with Crippen molar-refractivity contribution in [1.29, 1.82) is 0 Å². The molecule has 0 aliphatic carbocycles. The van der Waals surface area contributed by atoms with Crippen LogP contribution in [0, 0.1) is 10.1 Å². The van der Waals surface area contributed by atoms with Gasteiger partial charge in [-0.3, -0.25) is 24.9 Å². The molecule has 2 aromatic heterocycles. The van der Waals surface area contributed by atoms with Gasteiger partial charge in [0.25, 0.3) is 5.91 Å². The van der Waals surface area contributed by atoms with Crippen molar-refractivity contribution in [2.45, 2.75) is 25.9 Å². The summed E-state index contributed by atoms with van der Waals surface area (Å²) in [4.78, 5) is 26.8. The normalized spacial score (nSPS) is 11.9. The number of amides is 1. The highest BCUT2D eigenvalue weighted by Gasteiger charge is 2.23. The van der Waals surface area contributed by atoms with E-state index in [9.17, 15) is 14.9 Å². The quantitative estimate of drug-likeness (QED) is 0.489. The number of nitro groups is 1. The fourth-order valence-corrected chi connectivity index (χ4v) is 2.70. The van der Waals surface area contributed by atoms with Gasteiger partial charge in [0.05, 0.1) is 11.5 Å². The third kappa shape index (κ3) is 4.29. The number of nitrogens with one attached hydrogen (secondary N) is 1. The number of hydrogen-bond acceptors (Lipinski definition) is 6. The van der Waals surface area contributed by atoms with E-state index in [1.165, 1.54) is 17.2 Å². The molecule has 0 saturated heterocycles. The number of aromatic nitrogens is 5. The molecule has 3 aromatic rings. The summed E-state index contributed by atoms with van der Waals surface area (Å²) in [6.45, 7) is 2.19. The number of carbonyl (C=O) groups excluding carboxylic acids is 1. The summed E-state index contributed by atoms with van der Waals surface area (Å²) in [5.41, 5.74) is 0.695. The van der Waals surface area contributed by atoms with Gasteiger partial charge in [-0.15, -0.1) is 5.10 Å². The van der Waals surface area contributed by atoms with Crippen LogP contribution in [0.3, 0.4) is 0 Å². The van der Waals surface area contributed by atoms with E-state index in [0.29, 0.717) is 18.0 Å². The van der Waals surface area contributed by atoms with E-state index in [2.05, 4.69) is 20.5 Å². The maximum atomic E-state index is 12.5. The third-order valence-electron chi connectivity index (χ3n) is 3.87. The van der Waals surface area contributed by atoms with Crippen molar-refractivity contribution < 1.29 is 9.72 Å². The topological polar surface area (TPSA) is 121 Å². The van der Waals surface area contributed by atoms with Gasteiger partial charge < -0.3 is 0 Å². The zero-order valence-corrected chi connectivity index (χ0v) is 15.1. The molecule has 1 unspecified atom stereocenters. The number of anilines is 1. The minimum Gasteiger partial charge on any atom is -0.291 e. The van der Waals surface area contributed by atoms with Crippen molar-refractivity contribution in [2.24, 2.45) is 0 Å². The molecule has 11 heteroatoms. The lowest BCUT2D eigenvalue weighted by molar-refractivity contribution is -0.385. The van der Waals surface area contributed by atoms with Gasteiger partial charge in [-0.1, -0.05) is 36.7 Å². The van der Waals surface area contributed by atoms with Gasteiger partial charge in [-0.05, 0) is 18.1 Å². The van der Waals surface area contributed by atoms with Crippen LogP contribution in [-0.4, -0.2) is 35.4 Å².